The number of nitrogens with one attached hydrogen (secondary N) is 1. The molecule has 0 aliphatic rings. The zero-order chi connectivity index (χ0) is 19.2. The van der Waals surface area contributed by atoms with Crippen molar-refractivity contribution in [3.63, 3.8) is 0 Å². The number of thioether (sulfide) groups is 1. The van der Waals surface area contributed by atoms with Crippen LogP contribution in [0.4, 0.5) is 15.2 Å². The van der Waals surface area contributed by atoms with Crippen LogP contribution in [0.2, 0.25) is 0 Å². The first-order valence-electron chi connectivity index (χ1n) is 8.34. The summed E-state index contributed by atoms with van der Waals surface area (Å²) in [6.07, 6.45) is 0. The van der Waals surface area contributed by atoms with E-state index in [1.807, 2.05) is 35.7 Å². The average molecular weight is 431 g/mol. The van der Waals surface area contributed by atoms with Crippen LogP contribution in [-0.2, 0) is 12.4 Å². The Labute approximate surface area is 173 Å². The third kappa shape index (κ3) is 5.28. The van der Waals surface area contributed by atoms with Crippen LogP contribution >= 0.6 is 34.4 Å². The molecule has 4 rings (SSSR count). The van der Waals surface area contributed by atoms with Crippen molar-refractivity contribution in [1.82, 2.24) is 15.2 Å². The standard InChI is InChI=1S/C19H15FN4OS3/c20-13-6-8-16(9-7-13)25-10-17-21-15(11-26-17)12-27-19-24-23-18(28-19)22-14-4-2-1-3-5-14/h1-9,11H,10,12H2,(H,22,23). The summed E-state index contributed by atoms with van der Waals surface area (Å²) >= 11 is 4.66. The lowest BCUT2D eigenvalue weighted by molar-refractivity contribution is 0.305. The Morgan fingerprint density at radius 1 is 1.04 bits per heavy atom. The highest BCUT2D eigenvalue weighted by atomic mass is 32.2. The smallest absolute Gasteiger partial charge is 0.210 e. The van der Waals surface area contributed by atoms with E-state index in [1.54, 1.807) is 35.2 Å². The first-order chi connectivity index (χ1) is 13.7. The van der Waals surface area contributed by atoms with E-state index in [-0.39, 0.29) is 5.82 Å². The van der Waals surface area contributed by atoms with Crippen LogP contribution in [0, 0.1) is 5.82 Å². The van der Waals surface area contributed by atoms with Crippen molar-refractivity contribution in [3.05, 3.63) is 76.5 Å². The zero-order valence-corrected chi connectivity index (χ0v) is 17.0. The largest absolute Gasteiger partial charge is 0.486 e. The topological polar surface area (TPSA) is 59.9 Å². The van der Waals surface area contributed by atoms with Gasteiger partial charge in [0.2, 0.25) is 5.13 Å². The number of hydrogen-bond donors (Lipinski definition) is 1. The molecule has 0 saturated heterocycles. The first-order valence-corrected chi connectivity index (χ1v) is 11.0. The molecule has 0 spiro atoms. The van der Waals surface area contributed by atoms with E-state index in [4.69, 9.17) is 4.74 Å². The fraction of sp³-hybridized carbons (Fsp3) is 0.105. The fourth-order valence-electron chi connectivity index (χ4n) is 2.26. The van der Waals surface area contributed by atoms with E-state index in [0.29, 0.717) is 18.1 Å². The van der Waals surface area contributed by atoms with Crippen molar-refractivity contribution in [3.8, 4) is 5.75 Å². The quantitative estimate of drug-likeness (QED) is 0.359. The van der Waals surface area contributed by atoms with Crippen molar-refractivity contribution in [2.24, 2.45) is 0 Å². The lowest BCUT2D eigenvalue weighted by Crippen LogP contribution is -1.95. The number of benzene rings is 2. The molecule has 2 aromatic carbocycles. The Morgan fingerprint density at radius 2 is 1.86 bits per heavy atom. The number of anilines is 2. The van der Waals surface area contributed by atoms with Crippen LogP contribution in [0.3, 0.4) is 0 Å². The second kappa shape index (κ2) is 9.13. The third-order valence-corrected chi connectivity index (χ3v) is 6.43. The fourth-order valence-corrected chi connectivity index (χ4v) is 4.73. The summed E-state index contributed by atoms with van der Waals surface area (Å²) in [5, 5.41) is 15.3. The molecule has 4 aromatic rings. The molecule has 2 aromatic heterocycles. The van der Waals surface area contributed by atoms with Crippen LogP contribution in [0.15, 0.2) is 64.3 Å². The first kappa shape index (κ1) is 18.9. The second-order valence-electron chi connectivity index (χ2n) is 5.63. The molecule has 0 aliphatic carbocycles. The summed E-state index contributed by atoms with van der Waals surface area (Å²) in [7, 11) is 0. The molecular weight excluding hydrogens is 415 g/mol. The van der Waals surface area contributed by atoms with Crippen LogP contribution in [0.1, 0.15) is 10.7 Å². The summed E-state index contributed by atoms with van der Waals surface area (Å²) in [4.78, 5) is 4.57. The average Bonchev–Trinajstić information content (AvgIpc) is 3.36. The maximum absolute atomic E-state index is 12.9. The Bertz CT molecular complexity index is 1020. The van der Waals surface area contributed by atoms with Gasteiger partial charge in [0.25, 0.3) is 0 Å². The van der Waals surface area contributed by atoms with Gasteiger partial charge in [0.15, 0.2) is 4.34 Å². The molecule has 0 unspecified atom stereocenters. The molecule has 1 N–H and O–H groups in total. The van der Waals surface area contributed by atoms with Crippen molar-refractivity contribution in [1.29, 1.82) is 0 Å². The highest BCUT2D eigenvalue weighted by molar-refractivity contribution is 8.00. The van der Waals surface area contributed by atoms with Gasteiger partial charge in [0, 0.05) is 16.8 Å². The van der Waals surface area contributed by atoms with Gasteiger partial charge >= 0.3 is 0 Å². The number of halogens is 1. The minimum Gasteiger partial charge on any atom is -0.486 e. The van der Waals surface area contributed by atoms with Crippen molar-refractivity contribution in [2.75, 3.05) is 5.32 Å². The molecule has 0 saturated carbocycles. The summed E-state index contributed by atoms with van der Waals surface area (Å²) in [6, 6.07) is 15.9. The summed E-state index contributed by atoms with van der Waals surface area (Å²) in [5.41, 5.74) is 1.96. The predicted octanol–water partition coefficient (Wildman–Crippen LogP) is 5.75. The molecule has 9 heteroatoms. The van der Waals surface area contributed by atoms with Gasteiger partial charge in [0.05, 0.1) is 5.69 Å². The van der Waals surface area contributed by atoms with Crippen LogP contribution in [-0.4, -0.2) is 15.2 Å². The van der Waals surface area contributed by atoms with Gasteiger partial charge in [-0.15, -0.1) is 21.5 Å². The Hall–Kier alpha value is -2.49. The van der Waals surface area contributed by atoms with Crippen LogP contribution < -0.4 is 10.1 Å². The van der Waals surface area contributed by atoms with E-state index in [0.717, 1.165) is 25.9 Å². The van der Waals surface area contributed by atoms with Crippen LogP contribution in [0.25, 0.3) is 0 Å². The number of thiazole rings is 1. The van der Waals surface area contributed by atoms with Gasteiger partial charge in [0.1, 0.15) is 23.2 Å². The summed E-state index contributed by atoms with van der Waals surface area (Å²) in [5.74, 6) is 1.06. The van der Waals surface area contributed by atoms with E-state index in [9.17, 15) is 4.39 Å². The second-order valence-corrected chi connectivity index (χ2v) is 8.77. The number of aromatic nitrogens is 3. The Morgan fingerprint density at radius 3 is 2.68 bits per heavy atom. The molecule has 0 bridgehead atoms. The molecule has 5 nitrogen and oxygen atoms in total. The molecule has 0 radical (unpaired) electrons. The number of rotatable bonds is 8. The summed E-state index contributed by atoms with van der Waals surface area (Å²) in [6.45, 7) is 0.366. The van der Waals surface area contributed by atoms with Gasteiger partial charge in [-0.25, -0.2) is 9.37 Å². The van der Waals surface area contributed by atoms with E-state index < -0.39 is 0 Å². The van der Waals surface area contributed by atoms with Gasteiger partial charge in [-0.1, -0.05) is 41.3 Å². The molecule has 0 atom stereocenters. The van der Waals surface area contributed by atoms with E-state index >= 15 is 0 Å². The molecule has 0 amide bonds. The van der Waals surface area contributed by atoms with E-state index in [2.05, 4.69) is 20.5 Å². The van der Waals surface area contributed by atoms with Crippen molar-refractivity contribution < 1.29 is 9.13 Å². The van der Waals surface area contributed by atoms with Crippen LogP contribution in [0.5, 0.6) is 5.75 Å². The molecule has 28 heavy (non-hydrogen) atoms. The lowest BCUT2D eigenvalue weighted by atomic mass is 10.3. The third-order valence-electron chi connectivity index (χ3n) is 3.55. The maximum atomic E-state index is 12.9. The number of ether oxygens (including phenoxy) is 1. The predicted molar refractivity (Wildman–Crippen MR) is 112 cm³/mol. The minimum atomic E-state index is -0.278. The molecule has 2 heterocycles. The monoisotopic (exact) mass is 430 g/mol. The number of para-hydroxylation sites is 1. The number of hydrogen-bond acceptors (Lipinski definition) is 8. The minimum absolute atomic E-state index is 0.278. The molecule has 142 valence electrons. The van der Waals surface area contributed by atoms with Gasteiger partial charge in [-0.05, 0) is 36.4 Å². The van der Waals surface area contributed by atoms with Gasteiger partial charge < -0.3 is 10.1 Å². The number of nitrogens with zero attached hydrogens (tertiary/aromatic N) is 3. The van der Waals surface area contributed by atoms with Gasteiger partial charge in [-0.2, -0.15) is 0 Å². The molecule has 0 aliphatic heterocycles. The molecular formula is C19H15FN4OS3. The van der Waals surface area contributed by atoms with E-state index in [1.165, 1.54) is 23.5 Å². The molecule has 0 fully saturated rings. The zero-order valence-electron chi connectivity index (χ0n) is 14.5. The Kier molecular flexibility index (Phi) is 6.15. The highest BCUT2D eigenvalue weighted by Crippen LogP contribution is 2.30. The normalized spacial score (nSPS) is 10.8. The Balaban J connectivity index is 1.27. The van der Waals surface area contributed by atoms with Crippen molar-refractivity contribution in [2.45, 2.75) is 16.7 Å². The van der Waals surface area contributed by atoms with Crippen molar-refractivity contribution >= 4 is 45.3 Å². The maximum Gasteiger partial charge on any atom is 0.210 e. The summed E-state index contributed by atoms with van der Waals surface area (Å²) < 4.78 is 19.4. The SMILES string of the molecule is Fc1ccc(OCc2nc(CSc3nnc(Nc4ccccc4)s3)cs2)cc1. The highest BCUT2D eigenvalue weighted by Gasteiger charge is 2.08. The lowest BCUT2D eigenvalue weighted by Gasteiger charge is -2.03. The van der Waals surface area contributed by atoms with Gasteiger partial charge in [-0.3, -0.25) is 0 Å².